The zero-order chi connectivity index (χ0) is 28.2. The largest absolute Gasteiger partial charge is 0.496 e. The van der Waals surface area contributed by atoms with Crippen LogP contribution in [0.5, 0.6) is 5.75 Å². The minimum absolute atomic E-state index is 0.00969. The van der Waals surface area contributed by atoms with Crippen molar-refractivity contribution < 1.29 is 23.5 Å². The number of pyridine rings is 1. The van der Waals surface area contributed by atoms with Crippen LogP contribution in [0.2, 0.25) is 5.02 Å². The molecule has 2 aromatic carbocycles. The van der Waals surface area contributed by atoms with Gasteiger partial charge in [-0.05, 0) is 56.7 Å². The van der Waals surface area contributed by atoms with E-state index >= 15 is 0 Å². The van der Waals surface area contributed by atoms with Crippen LogP contribution < -0.4 is 15.4 Å². The van der Waals surface area contributed by atoms with Gasteiger partial charge in [0.1, 0.15) is 17.2 Å². The lowest BCUT2D eigenvalue weighted by atomic mass is 10.0. The van der Waals surface area contributed by atoms with Gasteiger partial charge in [-0.2, -0.15) is 0 Å². The molecule has 0 atom stereocenters. The average Bonchev–Trinajstić information content (AvgIpc) is 3.24. The van der Waals surface area contributed by atoms with Crippen LogP contribution in [-0.4, -0.2) is 34.7 Å². The Morgan fingerprint density at radius 1 is 1.05 bits per heavy atom. The first-order valence-corrected chi connectivity index (χ1v) is 12.7. The normalized spacial score (nSPS) is 11.3. The number of carbonyl (C=O) groups excluding carboxylic acids is 2. The number of nitrogens with zero attached hydrogens (tertiary/aromatic N) is 1. The number of hydrogen-bond acceptors (Lipinski definition) is 5. The fourth-order valence-corrected chi connectivity index (χ4v) is 4.23. The average molecular weight is 553 g/mol. The van der Waals surface area contributed by atoms with E-state index in [0.29, 0.717) is 44.9 Å². The molecule has 0 aliphatic rings. The molecule has 2 heterocycles. The predicted molar refractivity (Wildman–Crippen MR) is 148 cm³/mol. The molecule has 4 rings (SSSR count). The van der Waals surface area contributed by atoms with Gasteiger partial charge in [0.05, 0.1) is 12.1 Å². The lowest BCUT2D eigenvalue weighted by molar-refractivity contribution is 0.0523. The molecule has 0 unspecified atom stereocenters. The highest BCUT2D eigenvalue weighted by Crippen LogP contribution is 2.26. The van der Waals surface area contributed by atoms with Gasteiger partial charge >= 0.3 is 6.09 Å². The molecular weight excluding hydrogens is 523 g/mol. The Labute approximate surface area is 230 Å². The van der Waals surface area contributed by atoms with Gasteiger partial charge in [0, 0.05) is 65.2 Å². The van der Waals surface area contributed by atoms with Crippen molar-refractivity contribution in [2.75, 3.05) is 7.11 Å². The van der Waals surface area contributed by atoms with Gasteiger partial charge in [-0.15, -0.1) is 0 Å². The van der Waals surface area contributed by atoms with E-state index in [-0.39, 0.29) is 19.0 Å². The monoisotopic (exact) mass is 552 g/mol. The summed E-state index contributed by atoms with van der Waals surface area (Å²) in [5.74, 6) is -0.172. The summed E-state index contributed by atoms with van der Waals surface area (Å²) < 4.78 is 25.3. The Balaban J connectivity index is 1.40. The number of benzene rings is 2. The number of alkyl carbamates (subject to hydrolysis) is 1. The number of aromatic nitrogens is 2. The Hall–Kier alpha value is -4.11. The molecule has 204 valence electrons. The predicted octanol–water partition coefficient (Wildman–Crippen LogP) is 5.91. The highest BCUT2D eigenvalue weighted by atomic mass is 35.5. The quantitative estimate of drug-likeness (QED) is 0.252. The number of methoxy groups -OCH3 is 1. The summed E-state index contributed by atoms with van der Waals surface area (Å²) in [6.45, 7) is 5.66. The number of ether oxygens (including phenoxy) is 2. The number of fused-ring (bicyclic) bond motifs is 1. The second kappa shape index (κ2) is 11.7. The number of nitrogens with one attached hydrogen (secondary N) is 3. The zero-order valence-electron chi connectivity index (χ0n) is 22.2. The lowest BCUT2D eigenvalue weighted by Gasteiger charge is -2.20. The fraction of sp³-hybridized carbons (Fsp3) is 0.276. The molecule has 8 nitrogen and oxygen atoms in total. The molecule has 0 saturated carbocycles. The first-order chi connectivity index (χ1) is 18.5. The van der Waals surface area contributed by atoms with Crippen LogP contribution in [0.15, 0.2) is 54.9 Å². The molecular formula is C29H30ClFN4O4. The summed E-state index contributed by atoms with van der Waals surface area (Å²) in [6.07, 6.45) is 3.10. The molecule has 0 aliphatic carbocycles. The molecule has 0 aliphatic heterocycles. The van der Waals surface area contributed by atoms with E-state index in [1.54, 1.807) is 58.5 Å². The van der Waals surface area contributed by atoms with Crippen LogP contribution in [0, 0.1) is 5.82 Å². The number of H-pyrrole nitrogens is 1. The van der Waals surface area contributed by atoms with Crippen molar-refractivity contribution >= 4 is 34.5 Å². The highest BCUT2D eigenvalue weighted by Gasteiger charge is 2.17. The SMILES string of the molecule is COc1cc(Cc2cc(C(=O)NCc3cc4c(Cl)c[nH]c4cc3F)ccn2)ccc1CNC(=O)OC(C)(C)C. The van der Waals surface area contributed by atoms with Crippen molar-refractivity contribution in [1.82, 2.24) is 20.6 Å². The third-order valence-electron chi connectivity index (χ3n) is 5.88. The van der Waals surface area contributed by atoms with Gasteiger partial charge in [0.2, 0.25) is 0 Å². The van der Waals surface area contributed by atoms with Crippen molar-refractivity contribution in [3.8, 4) is 5.75 Å². The van der Waals surface area contributed by atoms with Crippen molar-refractivity contribution in [2.45, 2.75) is 45.9 Å². The maximum absolute atomic E-state index is 14.5. The standard InChI is InChI=1S/C29H30ClFN4O4/c1-29(2,3)39-28(37)35-14-19-6-5-17(10-26(19)38-4)9-21-11-18(7-8-32-21)27(36)34-15-20-12-22-23(30)16-33-25(22)13-24(20)31/h5-8,10-13,16,33H,9,14-15H2,1-4H3,(H,34,36)(H,35,37). The second-order valence-corrected chi connectivity index (χ2v) is 10.4. The number of aromatic amines is 1. The molecule has 10 heteroatoms. The first kappa shape index (κ1) is 27.9. The second-order valence-electron chi connectivity index (χ2n) is 10.0. The van der Waals surface area contributed by atoms with Gasteiger partial charge in [-0.1, -0.05) is 23.7 Å². The molecule has 0 spiro atoms. The van der Waals surface area contributed by atoms with Crippen molar-refractivity contribution in [3.63, 3.8) is 0 Å². The summed E-state index contributed by atoms with van der Waals surface area (Å²) >= 11 is 6.14. The van der Waals surface area contributed by atoms with E-state index in [0.717, 1.165) is 11.1 Å². The van der Waals surface area contributed by atoms with Crippen LogP contribution in [0.4, 0.5) is 9.18 Å². The van der Waals surface area contributed by atoms with Crippen LogP contribution in [0.3, 0.4) is 0 Å². The smallest absolute Gasteiger partial charge is 0.407 e. The van der Waals surface area contributed by atoms with Crippen LogP contribution in [0.1, 0.15) is 53.5 Å². The van der Waals surface area contributed by atoms with Crippen molar-refractivity contribution in [1.29, 1.82) is 0 Å². The molecule has 39 heavy (non-hydrogen) atoms. The third kappa shape index (κ3) is 7.26. The molecule has 3 N–H and O–H groups in total. The molecule has 0 saturated heterocycles. The number of amides is 2. The number of halogens is 2. The minimum Gasteiger partial charge on any atom is -0.496 e. The highest BCUT2D eigenvalue weighted by molar-refractivity contribution is 6.35. The maximum atomic E-state index is 14.5. The van der Waals surface area contributed by atoms with Gasteiger partial charge in [-0.25, -0.2) is 9.18 Å². The lowest BCUT2D eigenvalue weighted by Crippen LogP contribution is -2.32. The van der Waals surface area contributed by atoms with Gasteiger partial charge in [0.25, 0.3) is 5.91 Å². The molecule has 0 radical (unpaired) electrons. The van der Waals surface area contributed by atoms with E-state index in [1.807, 2.05) is 18.2 Å². The molecule has 0 bridgehead atoms. The third-order valence-corrected chi connectivity index (χ3v) is 6.19. The maximum Gasteiger partial charge on any atom is 0.407 e. The Bertz CT molecular complexity index is 1510. The van der Waals surface area contributed by atoms with Crippen LogP contribution >= 0.6 is 11.6 Å². The van der Waals surface area contributed by atoms with Crippen molar-refractivity contribution in [2.24, 2.45) is 0 Å². The summed E-state index contributed by atoms with van der Waals surface area (Å²) in [5, 5.41) is 6.67. The molecule has 2 aromatic heterocycles. The first-order valence-electron chi connectivity index (χ1n) is 12.3. The Kier molecular flexibility index (Phi) is 8.40. The Morgan fingerprint density at radius 2 is 1.82 bits per heavy atom. The number of hydrogen-bond donors (Lipinski definition) is 3. The van der Waals surface area contributed by atoms with Crippen LogP contribution in [-0.2, 0) is 24.2 Å². The number of rotatable bonds is 8. The van der Waals surface area contributed by atoms with Crippen molar-refractivity contribution in [3.05, 3.63) is 93.6 Å². The van der Waals surface area contributed by atoms with Gasteiger partial charge < -0.3 is 25.1 Å². The Morgan fingerprint density at radius 3 is 2.56 bits per heavy atom. The summed E-state index contributed by atoms with van der Waals surface area (Å²) in [5.41, 5.74) is 3.13. The fourth-order valence-electron chi connectivity index (χ4n) is 4.02. The molecule has 0 fully saturated rings. The van der Waals surface area contributed by atoms with E-state index in [4.69, 9.17) is 21.1 Å². The van der Waals surface area contributed by atoms with E-state index in [2.05, 4.69) is 20.6 Å². The molecule has 4 aromatic rings. The van der Waals surface area contributed by atoms with E-state index in [9.17, 15) is 14.0 Å². The van der Waals surface area contributed by atoms with E-state index in [1.165, 1.54) is 6.07 Å². The van der Waals surface area contributed by atoms with Crippen LogP contribution in [0.25, 0.3) is 10.9 Å². The number of carbonyl (C=O) groups is 2. The summed E-state index contributed by atoms with van der Waals surface area (Å²) in [6, 6.07) is 11.9. The summed E-state index contributed by atoms with van der Waals surface area (Å²) in [7, 11) is 1.56. The van der Waals surface area contributed by atoms with E-state index < -0.39 is 17.5 Å². The van der Waals surface area contributed by atoms with Gasteiger partial charge in [-0.3, -0.25) is 9.78 Å². The zero-order valence-corrected chi connectivity index (χ0v) is 22.9. The molecule has 2 amide bonds. The summed E-state index contributed by atoms with van der Waals surface area (Å²) in [4.78, 5) is 32.1. The topological polar surface area (TPSA) is 105 Å². The minimum atomic E-state index is -0.586. The van der Waals surface area contributed by atoms with Gasteiger partial charge in [0.15, 0.2) is 0 Å².